The second-order valence-corrected chi connectivity index (χ2v) is 28.2. The highest BCUT2D eigenvalue weighted by Crippen LogP contribution is 2.59. The molecular weight excluding hydrogens is 585 g/mol. The SMILES string of the molecule is C=C1C(=CC=C2CCC[C@]3(C)[C@@H]([C@H](C)C=CC(=O)CC4CC4)CC[C@@H]23)C[C@@H](O[Si](C)(C)C(C)(C)C)C[C@@H]1O[Si](C)(C)C(C)(C)C. The van der Waals surface area contributed by atoms with Gasteiger partial charge in [0.1, 0.15) is 0 Å². The van der Waals surface area contributed by atoms with Crippen molar-refractivity contribution in [3.05, 3.63) is 47.6 Å². The molecule has 0 radical (unpaired) electrons. The van der Waals surface area contributed by atoms with E-state index in [1.165, 1.54) is 56.1 Å². The molecule has 0 spiro atoms. The van der Waals surface area contributed by atoms with Crippen LogP contribution in [0.5, 0.6) is 0 Å². The molecule has 0 heterocycles. The standard InChI is InChI=1S/C40H68O3Si2/c1-28(16-21-33(41)25-30-17-18-30)35-22-23-36-31(15-14-24-40(35,36)9)19-20-32-26-34(42-44(10,11)38(3,4)5)27-37(29(32)2)43-45(12,13)39(6,7)8/h16,19-21,28,30,34-37H,2,14-15,17-18,22-27H2,1,3-13H3/t28-,34-,35-,36+,37+,40-/m1/s1. The van der Waals surface area contributed by atoms with Gasteiger partial charge in [0.05, 0.1) is 12.2 Å². The third-order valence-electron chi connectivity index (χ3n) is 13.2. The molecule has 0 aromatic heterocycles. The Morgan fingerprint density at radius 1 is 0.978 bits per heavy atom. The lowest BCUT2D eigenvalue weighted by atomic mass is 9.61. The lowest BCUT2D eigenvalue weighted by Gasteiger charge is -2.45. The summed E-state index contributed by atoms with van der Waals surface area (Å²) in [4.78, 5) is 12.5. The number of fused-ring (bicyclic) bond motifs is 1. The van der Waals surface area contributed by atoms with Gasteiger partial charge in [-0.25, -0.2) is 0 Å². The monoisotopic (exact) mass is 652 g/mol. The number of ketones is 1. The Labute approximate surface area is 280 Å². The highest BCUT2D eigenvalue weighted by atomic mass is 28.4. The third kappa shape index (κ3) is 8.53. The summed E-state index contributed by atoms with van der Waals surface area (Å²) in [5, 5.41) is 0.320. The van der Waals surface area contributed by atoms with E-state index in [0.29, 0.717) is 34.9 Å². The lowest BCUT2D eigenvalue weighted by Crippen LogP contribution is -2.49. The fraction of sp³-hybridized carbons (Fsp3) is 0.775. The van der Waals surface area contributed by atoms with E-state index in [4.69, 9.17) is 8.85 Å². The highest BCUT2D eigenvalue weighted by Gasteiger charge is 2.50. The van der Waals surface area contributed by atoms with Crippen LogP contribution in [-0.2, 0) is 13.6 Å². The van der Waals surface area contributed by atoms with Crippen LogP contribution in [0.1, 0.15) is 120 Å². The van der Waals surface area contributed by atoms with Crippen LogP contribution < -0.4 is 0 Å². The first-order valence-electron chi connectivity index (χ1n) is 18.3. The van der Waals surface area contributed by atoms with E-state index in [2.05, 4.69) is 106 Å². The maximum absolute atomic E-state index is 12.5. The maximum atomic E-state index is 12.5. The van der Waals surface area contributed by atoms with Crippen LogP contribution in [0.3, 0.4) is 0 Å². The van der Waals surface area contributed by atoms with Crippen LogP contribution in [-0.4, -0.2) is 34.6 Å². The van der Waals surface area contributed by atoms with Crippen molar-refractivity contribution in [3.8, 4) is 0 Å². The lowest BCUT2D eigenvalue weighted by molar-refractivity contribution is -0.114. The molecule has 254 valence electrons. The predicted octanol–water partition coefficient (Wildman–Crippen LogP) is 11.7. The van der Waals surface area contributed by atoms with E-state index in [1.807, 2.05) is 6.08 Å². The molecule has 4 rings (SSSR count). The smallest absolute Gasteiger partial charge is 0.192 e. The van der Waals surface area contributed by atoms with Crippen LogP contribution in [0.4, 0.5) is 0 Å². The Hall–Kier alpha value is -1.02. The van der Waals surface area contributed by atoms with Gasteiger partial charge in [-0.1, -0.05) is 85.8 Å². The molecule has 0 aromatic carbocycles. The molecule has 5 heteroatoms. The van der Waals surface area contributed by atoms with E-state index in [9.17, 15) is 4.79 Å². The molecule has 6 atom stereocenters. The van der Waals surface area contributed by atoms with Gasteiger partial charge in [-0.2, -0.15) is 0 Å². The van der Waals surface area contributed by atoms with Crippen molar-refractivity contribution >= 4 is 22.4 Å². The average Bonchev–Trinajstić information content (AvgIpc) is 3.64. The molecule has 4 fully saturated rings. The molecule has 0 amide bonds. The van der Waals surface area contributed by atoms with Crippen LogP contribution >= 0.6 is 0 Å². The summed E-state index contributed by atoms with van der Waals surface area (Å²) < 4.78 is 14.2. The fourth-order valence-electron chi connectivity index (χ4n) is 7.98. The number of hydrogen-bond acceptors (Lipinski definition) is 3. The minimum absolute atomic E-state index is 0.0156. The van der Waals surface area contributed by atoms with Gasteiger partial charge in [-0.15, -0.1) is 0 Å². The zero-order chi connectivity index (χ0) is 33.6. The Bertz CT molecular complexity index is 1190. The second-order valence-electron chi connectivity index (χ2n) is 18.7. The molecule has 4 aliphatic carbocycles. The maximum Gasteiger partial charge on any atom is 0.192 e. The minimum atomic E-state index is -1.98. The first-order valence-corrected chi connectivity index (χ1v) is 24.1. The van der Waals surface area contributed by atoms with E-state index >= 15 is 0 Å². The zero-order valence-corrected chi connectivity index (χ0v) is 33.3. The Morgan fingerprint density at radius 3 is 2.20 bits per heavy atom. The molecule has 45 heavy (non-hydrogen) atoms. The molecular formula is C40H68O3Si2. The predicted molar refractivity (Wildman–Crippen MR) is 198 cm³/mol. The second kappa shape index (κ2) is 13.5. The summed E-state index contributed by atoms with van der Waals surface area (Å²) in [6.45, 7) is 33.1. The third-order valence-corrected chi connectivity index (χ3v) is 22.2. The average molecular weight is 653 g/mol. The van der Waals surface area contributed by atoms with Gasteiger partial charge in [-0.05, 0) is 134 Å². The van der Waals surface area contributed by atoms with Crippen molar-refractivity contribution in [1.82, 2.24) is 0 Å². The van der Waals surface area contributed by atoms with E-state index in [0.717, 1.165) is 19.3 Å². The number of carbonyl (C=O) groups excluding carboxylic acids is 1. The Balaban J connectivity index is 1.56. The quantitative estimate of drug-likeness (QED) is 0.174. The van der Waals surface area contributed by atoms with E-state index in [1.54, 1.807) is 5.57 Å². The largest absolute Gasteiger partial charge is 0.413 e. The summed E-state index contributed by atoms with van der Waals surface area (Å²) >= 11 is 0. The number of hydrogen-bond donors (Lipinski definition) is 0. The van der Waals surface area contributed by atoms with E-state index in [-0.39, 0.29) is 22.3 Å². The van der Waals surface area contributed by atoms with Crippen molar-refractivity contribution < 1.29 is 13.6 Å². The van der Waals surface area contributed by atoms with Crippen LogP contribution in [0.25, 0.3) is 0 Å². The van der Waals surface area contributed by atoms with Gasteiger partial charge in [0.25, 0.3) is 0 Å². The molecule has 4 aliphatic rings. The van der Waals surface area contributed by atoms with Gasteiger partial charge in [-0.3, -0.25) is 4.79 Å². The molecule has 0 unspecified atom stereocenters. The topological polar surface area (TPSA) is 35.5 Å². The fourth-order valence-corrected chi connectivity index (χ4v) is 10.6. The Morgan fingerprint density at radius 2 is 1.60 bits per heavy atom. The van der Waals surface area contributed by atoms with Crippen molar-refractivity contribution in [2.45, 2.75) is 168 Å². The first kappa shape index (κ1) is 36.8. The van der Waals surface area contributed by atoms with Gasteiger partial charge in [0.15, 0.2) is 22.4 Å². The van der Waals surface area contributed by atoms with Crippen molar-refractivity contribution in [2.75, 3.05) is 0 Å². The van der Waals surface area contributed by atoms with Gasteiger partial charge in [0.2, 0.25) is 0 Å². The van der Waals surface area contributed by atoms with Crippen molar-refractivity contribution in [2.24, 2.45) is 29.1 Å². The number of rotatable bonds is 10. The molecule has 0 bridgehead atoms. The van der Waals surface area contributed by atoms with Crippen LogP contribution in [0.2, 0.25) is 36.3 Å². The summed E-state index contributed by atoms with van der Waals surface area (Å²) in [6.07, 6.45) is 20.6. The van der Waals surface area contributed by atoms with Crippen molar-refractivity contribution in [3.63, 3.8) is 0 Å². The first-order chi connectivity index (χ1) is 20.6. The number of allylic oxidation sites excluding steroid dienone is 5. The number of carbonyl (C=O) groups is 1. The molecule has 4 saturated carbocycles. The van der Waals surface area contributed by atoms with Gasteiger partial charge in [0, 0.05) is 12.8 Å². The molecule has 0 saturated heterocycles. The normalized spacial score (nSPS) is 32.8. The molecule has 0 aromatic rings. The Kier molecular flexibility index (Phi) is 11.0. The highest BCUT2D eigenvalue weighted by molar-refractivity contribution is 6.74. The van der Waals surface area contributed by atoms with Gasteiger partial charge < -0.3 is 8.85 Å². The van der Waals surface area contributed by atoms with E-state index < -0.39 is 16.6 Å². The summed E-state index contributed by atoms with van der Waals surface area (Å²) in [6, 6.07) is 0. The molecule has 3 nitrogen and oxygen atoms in total. The summed E-state index contributed by atoms with van der Waals surface area (Å²) in [5.74, 6) is 2.70. The summed E-state index contributed by atoms with van der Waals surface area (Å²) in [5.41, 5.74) is 4.43. The van der Waals surface area contributed by atoms with Crippen LogP contribution in [0, 0.1) is 29.1 Å². The van der Waals surface area contributed by atoms with Crippen LogP contribution in [0.15, 0.2) is 47.6 Å². The molecule has 0 aliphatic heterocycles. The van der Waals surface area contributed by atoms with Crippen molar-refractivity contribution in [1.29, 1.82) is 0 Å². The minimum Gasteiger partial charge on any atom is -0.413 e. The molecule has 0 N–H and O–H groups in total. The van der Waals surface area contributed by atoms with Gasteiger partial charge >= 0.3 is 0 Å². The summed E-state index contributed by atoms with van der Waals surface area (Å²) in [7, 11) is -3.92. The zero-order valence-electron chi connectivity index (χ0n) is 31.3.